The molecule has 1 rings (SSSR count). The van der Waals surface area contributed by atoms with E-state index in [0.717, 1.165) is 4.31 Å². The van der Waals surface area contributed by atoms with Gasteiger partial charge in [-0.2, -0.15) is 9.57 Å². The van der Waals surface area contributed by atoms with Gasteiger partial charge in [-0.25, -0.2) is 8.42 Å². The van der Waals surface area contributed by atoms with Crippen molar-refractivity contribution in [2.45, 2.75) is 18.7 Å². The number of sulfonamides is 1. The molecule has 114 valence electrons. The fourth-order valence-electron chi connectivity index (χ4n) is 1.75. The first-order valence-corrected chi connectivity index (χ1v) is 7.98. The number of primary amides is 1. The highest BCUT2D eigenvalue weighted by Gasteiger charge is 2.28. The topological polar surface area (TPSA) is 104 Å². The molecule has 0 aromatic heterocycles. The molecule has 6 nitrogen and oxygen atoms in total. The first kappa shape index (κ1) is 17.4. The van der Waals surface area contributed by atoms with Crippen LogP contribution < -0.4 is 5.73 Å². The second-order valence-electron chi connectivity index (χ2n) is 4.91. The smallest absolute Gasteiger partial charge is 0.245 e. The predicted molar refractivity (Wildman–Crippen MR) is 79.0 cm³/mol. The number of nitriles is 1. The van der Waals surface area contributed by atoms with E-state index in [1.54, 1.807) is 0 Å². The third-order valence-electron chi connectivity index (χ3n) is 2.58. The Hall–Kier alpha value is -1.62. The van der Waals surface area contributed by atoms with Crippen molar-refractivity contribution >= 4 is 27.5 Å². The summed E-state index contributed by atoms with van der Waals surface area (Å²) in [5, 5.41) is 8.71. The highest BCUT2D eigenvalue weighted by molar-refractivity contribution is 7.89. The summed E-state index contributed by atoms with van der Waals surface area (Å²) < 4.78 is 26.1. The highest BCUT2D eigenvalue weighted by atomic mass is 35.5. The maximum Gasteiger partial charge on any atom is 0.245 e. The van der Waals surface area contributed by atoms with Gasteiger partial charge in [0.25, 0.3) is 0 Å². The van der Waals surface area contributed by atoms with Crippen LogP contribution >= 0.6 is 11.6 Å². The van der Waals surface area contributed by atoms with Gasteiger partial charge in [-0.3, -0.25) is 4.79 Å². The molecule has 0 saturated carbocycles. The zero-order valence-electron chi connectivity index (χ0n) is 11.7. The summed E-state index contributed by atoms with van der Waals surface area (Å²) in [6, 6.07) is 5.76. The molecule has 0 saturated heterocycles. The number of carbonyl (C=O) groups excluding carboxylic acids is 1. The van der Waals surface area contributed by atoms with Gasteiger partial charge in [0.15, 0.2) is 0 Å². The first-order valence-electron chi connectivity index (χ1n) is 6.16. The average Bonchev–Trinajstić information content (AvgIpc) is 2.36. The number of nitrogens with zero attached hydrogens (tertiary/aromatic N) is 2. The maximum atomic E-state index is 12.6. The van der Waals surface area contributed by atoms with Gasteiger partial charge in [0.05, 0.1) is 23.2 Å². The molecule has 0 spiro atoms. The minimum Gasteiger partial charge on any atom is -0.369 e. The third kappa shape index (κ3) is 4.43. The Morgan fingerprint density at radius 2 is 2.10 bits per heavy atom. The van der Waals surface area contributed by atoms with Crippen LogP contribution in [0.5, 0.6) is 0 Å². The quantitative estimate of drug-likeness (QED) is 0.850. The molecule has 21 heavy (non-hydrogen) atoms. The molecule has 1 aromatic rings. The summed E-state index contributed by atoms with van der Waals surface area (Å²) in [7, 11) is -3.96. The number of carbonyl (C=O) groups is 1. The van der Waals surface area contributed by atoms with E-state index in [4.69, 9.17) is 22.6 Å². The fraction of sp³-hybridized carbons (Fsp3) is 0.385. The molecule has 2 N–H and O–H groups in total. The summed E-state index contributed by atoms with van der Waals surface area (Å²) in [6.07, 6.45) is 0. The maximum absolute atomic E-state index is 12.6. The van der Waals surface area contributed by atoms with Crippen LogP contribution in [0.15, 0.2) is 23.1 Å². The van der Waals surface area contributed by atoms with Crippen molar-refractivity contribution < 1.29 is 13.2 Å². The molecule has 0 heterocycles. The Kier molecular flexibility index (Phi) is 5.72. The normalized spacial score (nSPS) is 11.6. The molecule has 1 aromatic carbocycles. The van der Waals surface area contributed by atoms with Gasteiger partial charge in [-0.05, 0) is 24.1 Å². The molecule has 0 radical (unpaired) electrons. The SMILES string of the molecule is CC(C)CN(CC(N)=O)S(=O)(=O)c1ccc(C#N)cc1Cl. The number of benzene rings is 1. The molecule has 0 unspecified atom stereocenters. The van der Waals surface area contributed by atoms with Crippen LogP contribution in [0.3, 0.4) is 0 Å². The van der Waals surface area contributed by atoms with Crippen molar-refractivity contribution in [3.05, 3.63) is 28.8 Å². The van der Waals surface area contributed by atoms with Crippen LogP contribution in [0.4, 0.5) is 0 Å². The van der Waals surface area contributed by atoms with E-state index in [1.807, 2.05) is 19.9 Å². The standard InChI is InChI=1S/C13H16ClN3O3S/c1-9(2)7-17(8-13(16)18)21(19,20)12-4-3-10(6-15)5-11(12)14/h3-5,9H,7-8H2,1-2H3,(H2,16,18). The number of halogens is 1. The van der Waals surface area contributed by atoms with Gasteiger partial charge >= 0.3 is 0 Å². The van der Waals surface area contributed by atoms with E-state index in [0.29, 0.717) is 0 Å². The van der Waals surface area contributed by atoms with Crippen LogP contribution in [-0.2, 0) is 14.8 Å². The van der Waals surface area contributed by atoms with Crippen LogP contribution in [-0.4, -0.2) is 31.7 Å². The summed E-state index contributed by atoms with van der Waals surface area (Å²) in [5.74, 6) is -0.736. The lowest BCUT2D eigenvalue weighted by Crippen LogP contribution is -2.40. The molecule has 0 atom stereocenters. The summed E-state index contributed by atoms with van der Waals surface area (Å²) in [6.45, 7) is 3.37. The number of hydrogen-bond donors (Lipinski definition) is 1. The minimum atomic E-state index is -3.96. The number of hydrogen-bond acceptors (Lipinski definition) is 4. The molecule has 0 aliphatic carbocycles. The Balaban J connectivity index is 3.28. The monoisotopic (exact) mass is 329 g/mol. The average molecular weight is 330 g/mol. The molecule has 8 heteroatoms. The van der Waals surface area contributed by atoms with E-state index >= 15 is 0 Å². The van der Waals surface area contributed by atoms with Gasteiger partial charge < -0.3 is 5.73 Å². The van der Waals surface area contributed by atoms with Crippen molar-refractivity contribution in [3.8, 4) is 6.07 Å². The molecular weight excluding hydrogens is 314 g/mol. The Bertz CT molecular complexity index is 680. The minimum absolute atomic E-state index is 0.0104. The molecule has 1 amide bonds. The molecule has 0 aliphatic heterocycles. The molecular formula is C13H16ClN3O3S. The lowest BCUT2D eigenvalue weighted by Gasteiger charge is -2.23. The highest BCUT2D eigenvalue weighted by Crippen LogP contribution is 2.26. The first-order chi connectivity index (χ1) is 9.68. The molecule has 0 aliphatic rings. The second kappa shape index (κ2) is 6.89. The van der Waals surface area contributed by atoms with Crippen molar-refractivity contribution in [2.75, 3.05) is 13.1 Å². The van der Waals surface area contributed by atoms with E-state index in [-0.39, 0.29) is 27.9 Å². The Labute approximate surface area is 129 Å². The molecule has 0 fully saturated rings. The number of nitrogens with two attached hydrogens (primary N) is 1. The van der Waals surface area contributed by atoms with Crippen LogP contribution in [0.2, 0.25) is 5.02 Å². The third-order valence-corrected chi connectivity index (χ3v) is 4.87. The van der Waals surface area contributed by atoms with Crippen LogP contribution in [0, 0.1) is 17.2 Å². The van der Waals surface area contributed by atoms with Gasteiger partial charge in [0.1, 0.15) is 4.90 Å². The van der Waals surface area contributed by atoms with E-state index < -0.39 is 22.5 Å². The predicted octanol–water partition coefficient (Wildman–Crippen LogP) is 1.34. The lowest BCUT2D eigenvalue weighted by molar-refractivity contribution is -0.118. The fourth-order valence-corrected chi connectivity index (χ4v) is 3.84. The zero-order chi connectivity index (χ0) is 16.2. The van der Waals surface area contributed by atoms with E-state index in [9.17, 15) is 13.2 Å². The Morgan fingerprint density at radius 3 is 2.52 bits per heavy atom. The van der Waals surface area contributed by atoms with Crippen LogP contribution in [0.1, 0.15) is 19.4 Å². The summed E-state index contributed by atoms with van der Waals surface area (Å²) in [4.78, 5) is 10.9. The van der Waals surface area contributed by atoms with Gasteiger partial charge in [0, 0.05) is 6.54 Å². The van der Waals surface area contributed by atoms with Crippen molar-refractivity contribution in [1.82, 2.24) is 4.31 Å². The lowest BCUT2D eigenvalue weighted by atomic mass is 10.2. The second-order valence-corrected chi connectivity index (χ2v) is 7.23. The van der Waals surface area contributed by atoms with Gasteiger partial charge in [-0.15, -0.1) is 0 Å². The van der Waals surface area contributed by atoms with Crippen molar-refractivity contribution in [1.29, 1.82) is 5.26 Å². The van der Waals surface area contributed by atoms with Crippen LogP contribution in [0.25, 0.3) is 0 Å². The number of amides is 1. The number of rotatable bonds is 6. The van der Waals surface area contributed by atoms with Crippen molar-refractivity contribution in [2.24, 2.45) is 11.7 Å². The van der Waals surface area contributed by atoms with E-state index in [1.165, 1.54) is 18.2 Å². The Morgan fingerprint density at radius 1 is 1.48 bits per heavy atom. The summed E-state index contributed by atoms with van der Waals surface area (Å²) in [5.41, 5.74) is 5.36. The van der Waals surface area contributed by atoms with Crippen molar-refractivity contribution in [3.63, 3.8) is 0 Å². The summed E-state index contributed by atoms with van der Waals surface area (Å²) >= 11 is 5.94. The largest absolute Gasteiger partial charge is 0.369 e. The van der Waals surface area contributed by atoms with Gasteiger partial charge in [-0.1, -0.05) is 25.4 Å². The zero-order valence-corrected chi connectivity index (χ0v) is 13.3. The van der Waals surface area contributed by atoms with E-state index in [2.05, 4.69) is 0 Å². The molecule has 0 bridgehead atoms. The van der Waals surface area contributed by atoms with Gasteiger partial charge in [0.2, 0.25) is 15.9 Å².